The topological polar surface area (TPSA) is 3.24 Å². The molecular formula is C53H39NS2. The highest BCUT2D eigenvalue weighted by atomic mass is 32.1. The monoisotopic (exact) mass is 753 g/mol. The lowest BCUT2D eigenvalue weighted by atomic mass is 9.81. The van der Waals surface area contributed by atoms with Crippen LogP contribution in [0, 0.1) is 0 Å². The van der Waals surface area contributed by atoms with Crippen molar-refractivity contribution in [1.29, 1.82) is 0 Å². The molecule has 0 bridgehead atoms. The van der Waals surface area contributed by atoms with E-state index in [1.54, 1.807) is 0 Å². The second-order valence-electron chi connectivity index (χ2n) is 15.0. The summed E-state index contributed by atoms with van der Waals surface area (Å²) in [5, 5.41) is 0. The van der Waals surface area contributed by atoms with Crippen molar-refractivity contribution in [3.8, 4) is 64.0 Å². The van der Waals surface area contributed by atoms with E-state index in [-0.39, 0.29) is 5.41 Å². The second-order valence-corrected chi connectivity index (χ2v) is 17.1. The van der Waals surface area contributed by atoms with Gasteiger partial charge in [-0.3, -0.25) is 0 Å². The minimum Gasteiger partial charge on any atom is -0.310 e. The van der Waals surface area contributed by atoms with Crippen molar-refractivity contribution in [3.63, 3.8) is 0 Å². The highest BCUT2D eigenvalue weighted by Gasteiger charge is 2.36. The van der Waals surface area contributed by atoms with Gasteiger partial charge in [0.05, 0.1) is 0 Å². The molecule has 2 heterocycles. The van der Waals surface area contributed by atoms with E-state index in [1.165, 1.54) is 75.1 Å². The van der Waals surface area contributed by atoms with Crippen molar-refractivity contribution in [2.24, 2.45) is 0 Å². The van der Waals surface area contributed by atoms with Crippen molar-refractivity contribution in [2.45, 2.75) is 19.3 Å². The Hall–Kier alpha value is -6.26. The molecule has 7 aromatic carbocycles. The Morgan fingerprint density at radius 2 is 0.679 bits per heavy atom. The third-order valence-electron chi connectivity index (χ3n) is 11.2. The van der Waals surface area contributed by atoms with E-state index >= 15 is 0 Å². The predicted octanol–water partition coefficient (Wildman–Crippen LogP) is 15.9. The minimum atomic E-state index is -0.157. The summed E-state index contributed by atoms with van der Waals surface area (Å²) in [7, 11) is 0. The molecule has 0 fully saturated rings. The first-order chi connectivity index (χ1) is 27.5. The molecule has 10 rings (SSSR count). The largest absolute Gasteiger partial charge is 0.310 e. The molecule has 0 unspecified atom stereocenters. The van der Waals surface area contributed by atoms with Gasteiger partial charge in [0.15, 0.2) is 0 Å². The fraction of sp³-hybridized carbons (Fsp3) is 0.0566. The molecule has 0 aliphatic heterocycles. The molecule has 0 amide bonds. The molecule has 9 aromatic rings. The van der Waals surface area contributed by atoms with Crippen LogP contribution in [0.1, 0.15) is 25.0 Å². The maximum absolute atomic E-state index is 2.43. The molecule has 0 N–H and O–H groups in total. The van der Waals surface area contributed by atoms with E-state index in [9.17, 15) is 0 Å². The lowest BCUT2D eigenvalue weighted by molar-refractivity contribution is 0.660. The quantitative estimate of drug-likeness (QED) is 0.149. The van der Waals surface area contributed by atoms with Crippen LogP contribution >= 0.6 is 22.7 Å². The molecule has 268 valence electrons. The normalized spacial score (nSPS) is 12.6. The first kappa shape index (κ1) is 34.2. The minimum absolute atomic E-state index is 0.157. The summed E-state index contributed by atoms with van der Waals surface area (Å²) in [5.41, 5.74) is 16.1. The van der Waals surface area contributed by atoms with E-state index in [4.69, 9.17) is 0 Å². The molecule has 3 heteroatoms. The number of thiophene rings is 2. The van der Waals surface area contributed by atoms with Crippen LogP contribution in [-0.4, -0.2) is 0 Å². The van der Waals surface area contributed by atoms with E-state index in [1.807, 2.05) is 22.7 Å². The molecule has 1 nitrogen and oxygen atoms in total. The summed E-state index contributed by atoms with van der Waals surface area (Å²) < 4.78 is 0. The van der Waals surface area contributed by atoms with Crippen molar-refractivity contribution < 1.29 is 0 Å². The summed E-state index contributed by atoms with van der Waals surface area (Å²) >= 11 is 3.68. The average Bonchev–Trinajstić information content (AvgIpc) is 4.01. The standard InChI is InChI=1S/C53H39NS2/c1-53(2)47-34-41(36-12-6-3-7-13-36)22-28-45(47)46-29-27-44(35-48(46)53)54(42-23-18-39(19-24-42)51-32-30-49(55-51)37-14-8-4-9-15-37)43-25-20-40(21-26-43)52-33-31-50(56-52)38-16-10-5-11-17-38/h3-35H,1-2H3. The molecular weight excluding hydrogens is 715 g/mol. The maximum atomic E-state index is 2.43. The van der Waals surface area contributed by atoms with Crippen LogP contribution in [0.5, 0.6) is 0 Å². The van der Waals surface area contributed by atoms with Crippen LogP contribution < -0.4 is 4.90 Å². The molecule has 2 aromatic heterocycles. The molecule has 0 radical (unpaired) electrons. The van der Waals surface area contributed by atoms with Crippen molar-refractivity contribution in [1.82, 2.24) is 0 Å². The summed E-state index contributed by atoms with van der Waals surface area (Å²) in [6.45, 7) is 4.75. The van der Waals surface area contributed by atoms with Crippen LogP contribution in [0.25, 0.3) is 64.0 Å². The van der Waals surface area contributed by atoms with Crippen LogP contribution in [0.3, 0.4) is 0 Å². The zero-order valence-corrected chi connectivity index (χ0v) is 32.9. The number of fused-ring (bicyclic) bond motifs is 3. The molecule has 0 saturated heterocycles. The SMILES string of the molecule is CC1(C)c2cc(-c3ccccc3)ccc2-c2ccc(N(c3ccc(-c4ccc(-c5ccccc5)s4)cc3)c3ccc(-c4ccc(-c5ccccc5)s4)cc3)cc21. The molecule has 0 saturated carbocycles. The Labute approximate surface area is 337 Å². The van der Waals surface area contributed by atoms with Gasteiger partial charge in [-0.05, 0) is 122 Å². The van der Waals surface area contributed by atoms with Crippen LogP contribution in [0.2, 0.25) is 0 Å². The highest BCUT2D eigenvalue weighted by molar-refractivity contribution is 7.19. The molecule has 0 atom stereocenters. The number of rotatable bonds is 8. The van der Waals surface area contributed by atoms with Crippen LogP contribution in [-0.2, 0) is 5.41 Å². The number of benzene rings is 7. The molecule has 0 spiro atoms. The fourth-order valence-corrected chi connectivity index (χ4v) is 10.2. The van der Waals surface area contributed by atoms with Crippen molar-refractivity contribution in [2.75, 3.05) is 4.90 Å². The lowest BCUT2D eigenvalue weighted by Crippen LogP contribution is -2.16. The zero-order valence-electron chi connectivity index (χ0n) is 31.3. The third kappa shape index (κ3) is 6.20. The predicted molar refractivity (Wildman–Crippen MR) is 242 cm³/mol. The Morgan fingerprint density at radius 3 is 1.14 bits per heavy atom. The number of nitrogens with zero attached hydrogens (tertiary/aromatic N) is 1. The summed E-state index contributed by atoms with van der Waals surface area (Å²) in [5.74, 6) is 0. The van der Waals surface area contributed by atoms with E-state index in [2.05, 4.69) is 219 Å². The molecule has 56 heavy (non-hydrogen) atoms. The van der Waals surface area contributed by atoms with Gasteiger partial charge in [0, 0.05) is 42.0 Å². The Kier molecular flexibility index (Phi) is 8.63. The van der Waals surface area contributed by atoms with Gasteiger partial charge < -0.3 is 4.90 Å². The van der Waals surface area contributed by atoms with Gasteiger partial charge in [0.2, 0.25) is 0 Å². The van der Waals surface area contributed by atoms with Gasteiger partial charge in [0.25, 0.3) is 0 Å². The van der Waals surface area contributed by atoms with Gasteiger partial charge in [-0.2, -0.15) is 0 Å². The maximum Gasteiger partial charge on any atom is 0.0465 e. The van der Waals surface area contributed by atoms with Gasteiger partial charge in [-0.15, -0.1) is 22.7 Å². The van der Waals surface area contributed by atoms with Gasteiger partial charge in [-0.25, -0.2) is 0 Å². The van der Waals surface area contributed by atoms with E-state index < -0.39 is 0 Å². The van der Waals surface area contributed by atoms with E-state index in [0.29, 0.717) is 0 Å². The average molecular weight is 754 g/mol. The fourth-order valence-electron chi connectivity index (χ4n) is 8.17. The second kappa shape index (κ2) is 14.1. The smallest absolute Gasteiger partial charge is 0.0465 e. The summed E-state index contributed by atoms with van der Waals surface area (Å²) in [4.78, 5) is 7.51. The van der Waals surface area contributed by atoms with E-state index in [0.717, 1.165) is 17.1 Å². The zero-order chi connectivity index (χ0) is 37.6. The first-order valence-electron chi connectivity index (χ1n) is 19.2. The summed E-state index contributed by atoms with van der Waals surface area (Å²) in [6.07, 6.45) is 0. The Morgan fingerprint density at radius 1 is 0.321 bits per heavy atom. The number of hydrogen-bond acceptors (Lipinski definition) is 3. The highest BCUT2D eigenvalue weighted by Crippen LogP contribution is 2.52. The van der Waals surface area contributed by atoms with Gasteiger partial charge >= 0.3 is 0 Å². The number of hydrogen-bond donors (Lipinski definition) is 0. The summed E-state index contributed by atoms with van der Waals surface area (Å²) in [6, 6.07) is 73.2. The Bertz CT molecular complexity index is 2670. The Balaban J connectivity index is 1.03. The lowest BCUT2D eigenvalue weighted by Gasteiger charge is -2.28. The van der Waals surface area contributed by atoms with Crippen LogP contribution in [0.4, 0.5) is 17.1 Å². The number of anilines is 3. The van der Waals surface area contributed by atoms with Crippen molar-refractivity contribution in [3.05, 3.63) is 211 Å². The molecule has 1 aliphatic carbocycles. The van der Waals surface area contributed by atoms with Crippen molar-refractivity contribution >= 4 is 39.7 Å². The van der Waals surface area contributed by atoms with Gasteiger partial charge in [0.1, 0.15) is 0 Å². The van der Waals surface area contributed by atoms with Crippen LogP contribution in [0.15, 0.2) is 200 Å². The molecule has 1 aliphatic rings. The van der Waals surface area contributed by atoms with Gasteiger partial charge in [-0.1, -0.05) is 147 Å². The first-order valence-corrected chi connectivity index (χ1v) is 20.8. The third-order valence-corrected chi connectivity index (χ3v) is 13.5.